The molecule has 0 fully saturated rings. The third-order valence-electron chi connectivity index (χ3n) is 9.55. The minimum Gasteiger partial charge on any atom is -0.311 e. The predicted octanol–water partition coefficient (Wildman–Crippen LogP) is 14.1. The highest BCUT2D eigenvalue weighted by Gasteiger charge is 2.16. The normalized spacial score (nSPS) is 12.2. The van der Waals surface area contributed by atoms with E-state index in [4.69, 9.17) is 2.74 Å². The number of benzene rings is 9. The van der Waals surface area contributed by atoms with Gasteiger partial charge >= 0.3 is 0 Å². The van der Waals surface area contributed by atoms with Gasteiger partial charge in [-0.05, 0) is 102 Å². The Balaban J connectivity index is 1.21. The SMILES string of the molecule is [2H]c1c([2H])c(N(c2ccc(-c3ccc4ccccc4c3-c3ccccc3)cc2)c2ccc(-c3cccc4ccccc34)cc2)c([2H])c([2H])c1-c1ccccc1. The topological polar surface area (TPSA) is 3.24 Å². The fourth-order valence-corrected chi connectivity index (χ4v) is 7.06. The van der Waals surface area contributed by atoms with Crippen molar-refractivity contribution in [3.8, 4) is 44.5 Å². The van der Waals surface area contributed by atoms with E-state index in [2.05, 4.69) is 115 Å². The zero-order chi connectivity index (χ0) is 37.5. The Hall–Kier alpha value is -6.70. The molecular weight excluding hydrogens is 615 g/mol. The first-order valence-corrected chi connectivity index (χ1v) is 17.2. The maximum Gasteiger partial charge on any atom is 0.0645 e. The monoisotopic (exact) mass is 653 g/mol. The summed E-state index contributed by atoms with van der Waals surface area (Å²) in [5.74, 6) is 0. The highest BCUT2D eigenvalue weighted by molar-refractivity contribution is 6.04. The van der Waals surface area contributed by atoms with Crippen molar-refractivity contribution >= 4 is 38.6 Å². The third kappa shape index (κ3) is 5.86. The fourth-order valence-electron chi connectivity index (χ4n) is 7.06. The predicted molar refractivity (Wildman–Crippen MR) is 218 cm³/mol. The van der Waals surface area contributed by atoms with E-state index in [1.807, 2.05) is 77.7 Å². The summed E-state index contributed by atoms with van der Waals surface area (Å²) < 4.78 is 37.0. The van der Waals surface area contributed by atoms with Gasteiger partial charge in [-0.2, -0.15) is 0 Å². The quantitative estimate of drug-likeness (QED) is 0.165. The number of rotatable bonds is 7. The van der Waals surface area contributed by atoms with Gasteiger partial charge in [-0.3, -0.25) is 0 Å². The molecular formula is C50H35N. The molecule has 0 heterocycles. The van der Waals surface area contributed by atoms with Crippen molar-refractivity contribution < 1.29 is 5.48 Å². The lowest BCUT2D eigenvalue weighted by Gasteiger charge is -2.26. The molecule has 9 aromatic carbocycles. The molecule has 1 heteroatoms. The van der Waals surface area contributed by atoms with Crippen LogP contribution in [0.15, 0.2) is 212 Å². The molecule has 0 amide bonds. The molecule has 0 saturated heterocycles. The van der Waals surface area contributed by atoms with Crippen molar-refractivity contribution in [3.05, 3.63) is 212 Å². The van der Waals surface area contributed by atoms with Crippen molar-refractivity contribution in [2.24, 2.45) is 0 Å². The molecule has 9 rings (SSSR count). The van der Waals surface area contributed by atoms with Gasteiger partial charge in [0.15, 0.2) is 0 Å². The molecule has 0 aromatic heterocycles. The summed E-state index contributed by atoms with van der Waals surface area (Å²) in [7, 11) is 0. The molecule has 0 N–H and O–H groups in total. The minimum atomic E-state index is -0.108. The van der Waals surface area contributed by atoms with Crippen LogP contribution in [0.1, 0.15) is 5.48 Å². The Bertz CT molecular complexity index is 2800. The highest BCUT2D eigenvalue weighted by atomic mass is 15.1. The standard InChI is InChI=1S/C50H35N/c1-3-12-36(13-4-1)37-22-29-43(30-23-37)51(44-31-24-40(25-32-44)47-21-11-18-38-14-7-9-19-46(38)47)45-33-26-41(27-34-45)49-35-28-39-15-8-10-20-48(39)50(49)42-16-5-2-6-17-42/h1-35H/i22D,23D,29D,30D. The zero-order valence-corrected chi connectivity index (χ0v) is 27.8. The Morgan fingerprint density at radius 1 is 0.294 bits per heavy atom. The fraction of sp³-hybridized carbons (Fsp3) is 0. The number of fused-ring (bicyclic) bond motifs is 2. The van der Waals surface area contributed by atoms with Crippen molar-refractivity contribution in [1.29, 1.82) is 0 Å². The van der Waals surface area contributed by atoms with E-state index in [0.717, 1.165) is 55.5 Å². The van der Waals surface area contributed by atoms with Crippen LogP contribution >= 0.6 is 0 Å². The molecule has 0 aliphatic heterocycles. The van der Waals surface area contributed by atoms with Crippen molar-refractivity contribution in [2.75, 3.05) is 4.90 Å². The minimum absolute atomic E-state index is 0.0835. The summed E-state index contributed by atoms with van der Waals surface area (Å²) in [5.41, 5.74) is 9.13. The summed E-state index contributed by atoms with van der Waals surface area (Å²) in [6, 6.07) is 63.0. The molecule has 0 radical (unpaired) electrons. The Labute approximate surface area is 305 Å². The van der Waals surface area contributed by atoms with E-state index < -0.39 is 0 Å². The van der Waals surface area contributed by atoms with Crippen LogP contribution in [0.5, 0.6) is 0 Å². The Morgan fingerprint density at radius 2 is 0.804 bits per heavy atom. The summed E-state index contributed by atoms with van der Waals surface area (Å²) in [4.78, 5) is 1.85. The number of hydrogen-bond donors (Lipinski definition) is 0. The first kappa shape index (κ1) is 26.2. The molecule has 0 unspecified atom stereocenters. The van der Waals surface area contributed by atoms with Crippen LogP contribution in [0.2, 0.25) is 0 Å². The number of anilines is 3. The third-order valence-corrected chi connectivity index (χ3v) is 9.55. The lowest BCUT2D eigenvalue weighted by Crippen LogP contribution is -2.09. The van der Waals surface area contributed by atoms with Gasteiger partial charge in [0.2, 0.25) is 0 Å². The number of nitrogens with zero attached hydrogens (tertiary/aromatic N) is 1. The van der Waals surface area contributed by atoms with Gasteiger partial charge < -0.3 is 4.90 Å². The van der Waals surface area contributed by atoms with Gasteiger partial charge in [0.05, 0.1) is 5.48 Å². The lowest BCUT2D eigenvalue weighted by molar-refractivity contribution is 1.28. The van der Waals surface area contributed by atoms with Crippen LogP contribution in [0, 0.1) is 0 Å². The molecule has 51 heavy (non-hydrogen) atoms. The van der Waals surface area contributed by atoms with E-state index in [1.54, 1.807) is 0 Å². The average Bonchev–Trinajstić information content (AvgIpc) is 3.25. The van der Waals surface area contributed by atoms with Crippen LogP contribution < -0.4 is 4.90 Å². The van der Waals surface area contributed by atoms with Gasteiger partial charge in [0, 0.05) is 17.1 Å². The van der Waals surface area contributed by atoms with Gasteiger partial charge in [-0.25, -0.2) is 0 Å². The van der Waals surface area contributed by atoms with Crippen LogP contribution in [0.4, 0.5) is 17.1 Å². The van der Waals surface area contributed by atoms with E-state index in [1.165, 1.54) is 10.8 Å². The molecule has 0 saturated carbocycles. The van der Waals surface area contributed by atoms with Crippen LogP contribution in [-0.4, -0.2) is 0 Å². The smallest absolute Gasteiger partial charge is 0.0645 e. The first-order valence-electron chi connectivity index (χ1n) is 19.2. The molecule has 0 bridgehead atoms. The van der Waals surface area contributed by atoms with E-state index in [9.17, 15) is 2.74 Å². The van der Waals surface area contributed by atoms with E-state index in [0.29, 0.717) is 5.56 Å². The zero-order valence-electron chi connectivity index (χ0n) is 31.8. The van der Waals surface area contributed by atoms with Gasteiger partial charge in [-0.15, -0.1) is 0 Å². The summed E-state index contributed by atoms with van der Waals surface area (Å²) >= 11 is 0. The second-order valence-corrected chi connectivity index (χ2v) is 12.6. The molecule has 240 valence electrons. The first-order chi connectivity index (χ1) is 27.0. The van der Waals surface area contributed by atoms with Crippen LogP contribution in [-0.2, 0) is 0 Å². The second kappa shape index (κ2) is 13.3. The van der Waals surface area contributed by atoms with Gasteiger partial charge in [0.25, 0.3) is 0 Å². The van der Waals surface area contributed by atoms with Crippen molar-refractivity contribution in [3.63, 3.8) is 0 Å². The second-order valence-electron chi connectivity index (χ2n) is 12.6. The van der Waals surface area contributed by atoms with Gasteiger partial charge in [0.1, 0.15) is 0 Å². The molecule has 9 aromatic rings. The molecule has 1 nitrogen and oxygen atoms in total. The summed E-state index contributed by atoms with van der Waals surface area (Å²) in [6.45, 7) is 0. The maximum atomic E-state index is 9.36. The summed E-state index contributed by atoms with van der Waals surface area (Å²) in [6.07, 6.45) is 0. The highest BCUT2D eigenvalue weighted by Crippen LogP contribution is 2.41. The van der Waals surface area contributed by atoms with Crippen molar-refractivity contribution in [1.82, 2.24) is 0 Å². The van der Waals surface area contributed by atoms with Crippen LogP contribution in [0.25, 0.3) is 66.1 Å². The average molecular weight is 654 g/mol. The van der Waals surface area contributed by atoms with Crippen LogP contribution in [0.3, 0.4) is 0 Å². The molecule has 0 atom stereocenters. The largest absolute Gasteiger partial charge is 0.311 e. The van der Waals surface area contributed by atoms with E-state index >= 15 is 0 Å². The Morgan fingerprint density at radius 3 is 1.45 bits per heavy atom. The molecule has 0 aliphatic rings. The Kier molecular flexibility index (Phi) is 6.84. The maximum absolute atomic E-state index is 9.36. The number of hydrogen-bond acceptors (Lipinski definition) is 1. The van der Waals surface area contributed by atoms with E-state index in [-0.39, 0.29) is 35.4 Å². The van der Waals surface area contributed by atoms with Gasteiger partial charge in [-0.1, -0.05) is 176 Å². The molecule has 0 spiro atoms. The van der Waals surface area contributed by atoms with Crippen molar-refractivity contribution in [2.45, 2.75) is 0 Å². The lowest BCUT2D eigenvalue weighted by atomic mass is 9.90. The molecule has 0 aliphatic carbocycles. The summed E-state index contributed by atoms with van der Waals surface area (Å²) in [5, 5.41) is 4.66.